The number of nitrogens with one attached hydrogen (secondary N) is 2. The lowest BCUT2D eigenvalue weighted by Gasteiger charge is -2.32. The molecule has 2 aliphatic rings. The van der Waals surface area contributed by atoms with Gasteiger partial charge >= 0.3 is 0 Å². The van der Waals surface area contributed by atoms with Gasteiger partial charge in [0.1, 0.15) is 6.33 Å². The van der Waals surface area contributed by atoms with Crippen LogP contribution in [0, 0.1) is 0 Å². The number of hydrogen-bond donors (Lipinski definition) is 2. The summed E-state index contributed by atoms with van der Waals surface area (Å²) in [6.07, 6.45) is 5.44. The number of hydrogen-bond acceptors (Lipinski definition) is 9. The normalized spacial score (nSPS) is 19.5. The van der Waals surface area contributed by atoms with Gasteiger partial charge in [0.05, 0.1) is 5.75 Å². The van der Waals surface area contributed by atoms with Gasteiger partial charge in [-0.1, -0.05) is 12.8 Å². The molecule has 154 valence electrons. The third-order valence-corrected chi connectivity index (χ3v) is 6.71. The molecule has 0 amide bonds. The first-order valence-corrected chi connectivity index (χ1v) is 11.4. The van der Waals surface area contributed by atoms with Crippen LogP contribution < -0.4 is 14.9 Å². The van der Waals surface area contributed by atoms with Crippen molar-refractivity contribution in [3.8, 4) is 0 Å². The van der Waals surface area contributed by atoms with E-state index in [0.29, 0.717) is 17.7 Å². The average Bonchev–Trinajstić information content (AvgIpc) is 3.33. The van der Waals surface area contributed by atoms with Crippen LogP contribution in [0.1, 0.15) is 25.7 Å². The van der Waals surface area contributed by atoms with Crippen LogP contribution in [-0.4, -0.2) is 89.4 Å². The van der Waals surface area contributed by atoms with E-state index in [9.17, 15) is 8.42 Å². The first-order valence-electron chi connectivity index (χ1n) is 9.75. The number of likely N-dealkylation sites (N-methyl/N-ethyl adjacent to an activating group) is 1. The van der Waals surface area contributed by atoms with Crippen molar-refractivity contribution in [3.63, 3.8) is 0 Å². The summed E-state index contributed by atoms with van der Waals surface area (Å²) in [5, 5.41) is 7.24. The number of piperazine rings is 1. The Kier molecular flexibility index (Phi) is 5.60. The quantitative estimate of drug-likeness (QED) is 0.626. The molecule has 0 atom stereocenters. The van der Waals surface area contributed by atoms with Gasteiger partial charge in [0.25, 0.3) is 5.78 Å². The van der Waals surface area contributed by atoms with Crippen molar-refractivity contribution in [2.75, 3.05) is 55.7 Å². The van der Waals surface area contributed by atoms with Crippen molar-refractivity contribution in [2.45, 2.75) is 31.7 Å². The standard InChI is InChI=1S/C16H27N9O2S/c1-23-7-9-24(10-8-23)16-20-14(25-15(21-16)18-12-19-25)17-6-11-28(26,27)22-13-4-2-3-5-13/h12-13,22H,2-11H2,1H3,(H,17,18,19,20,21). The van der Waals surface area contributed by atoms with E-state index in [-0.39, 0.29) is 18.3 Å². The Labute approximate surface area is 164 Å². The number of sulfonamides is 1. The molecule has 1 saturated heterocycles. The molecule has 11 nitrogen and oxygen atoms in total. The summed E-state index contributed by atoms with van der Waals surface area (Å²) in [5.41, 5.74) is 0. The van der Waals surface area contributed by atoms with Crippen LogP contribution >= 0.6 is 0 Å². The van der Waals surface area contributed by atoms with E-state index >= 15 is 0 Å². The first-order chi connectivity index (χ1) is 13.5. The average molecular weight is 410 g/mol. The van der Waals surface area contributed by atoms with Gasteiger partial charge in [-0.05, 0) is 19.9 Å². The maximum Gasteiger partial charge on any atom is 0.258 e. The van der Waals surface area contributed by atoms with E-state index in [1.165, 1.54) is 10.8 Å². The van der Waals surface area contributed by atoms with Crippen molar-refractivity contribution in [2.24, 2.45) is 0 Å². The van der Waals surface area contributed by atoms with Gasteiger partial charge in [-0.3, -0.25) is 0 Å². The van der Waals surface area contributed by atoms with Crippen LogP contribution in [0.2, 0.25) is 0 Å². The van der Waals surface area contributed by atoms with Crippen LogP contribution in [0.25, 0.3) is 5.78 Å². The lowest BCUT2D eigenvalue weighted by Crippen LogP contribution is -2.45. The first kappa shape index (κ1) is 19.3. The van der Waals surface area contributed by atoms with Gasteiger partial charge < -0.3 is 15.1 Å². The summed E-state index contributed by atoms with van der Waals surface area (Å²) in [6.45, 7) is 3.78. The predicted octanol–water partition coefficient (Wildman–Crippen LogP) is -0.455. The number of anilines is 2. The number of aromatic nitrogens is 5. The fraction of sp³-hybridized carbons (Fsp3) is 0.750. The zero-order valence-corrected chi connectivity index (χ0v) is 16.9. The second kappa shape index (κ2) is 8.13. The van der Waals surface area contributed by atoms with Crippen LogP contribution in [0.15, 0.2) is 6.33 Å². The molecule has 0 aromatic carbocycles. The third kappa shape index (κ3) is 4.50. The molecule has 0 spiro atoms. The van der Waals surface area contributed by atoms with Crippen molar-refractivity contribution in [1.82, 2.24) is 34.2 Å². The molecule has 0 bridgehead atoms. The van der Waals surface area contributed by atoms with Crippen molar-refractivity contribution < 1.29 is 8.42 Å². The maximum atomic E-state index is 12.3. The molecular weight excluding hydrogens is 382 g/mol. The molecule has 1 saturated carbocycles. The molecule has 0 radical (unpaired) electrons. The molecular formula is C16H27N9O2S. The zero-order valence-electron chi connectivity index (χ0n) is 16.1. The lowest BCUT2D eigenvalue weighted by molar-refractivity contribution is 0.311. The second-order valence-corrected chi connectivity index (χ2v) is 9.33. The Morgan fingerprint density at radius 1 is 1.14 bits per heavy atom. The van der Waals surface area contributed by atoms with Gasteiger partial charge in [-0.25, -0.2) is 13.1 Å². The highest BCUT2D eigenvalue weighted by molar-refractivity contribution is 7.89. The van der Waals surface area contributed by atoms with Crippen LogP contribution in [0.4, 0.5) is 11.9 Å². The summed E-state index contributed by atoms with van der Waals surface area (Å²) < 4.78 is 28.9. The van der Waals surface area contributed by atoms with Gasteiger partial charge in [0.2, 0.25) is 21.9 Å². The Morgan fingerprint density at radius 3 is 2.64 bits per heavy atom. The molecule has 2 N–H and O–H groups in total. The highest BCUT2D eigenvalue weighted by Gasteiger charge is 2.22. The molecule has 2 fully saturated rings. The number of fused-ring (bicyclic) bond motifs is 1. The molecule has 4 rings (SSSR count). The van der Waals surface area contributed by atoms with E-state index in [4.69, 9.17) is 0 Å². The van der Waals surface area contributed by atoms with Gasteiger partial charge in [0.15, 0.2) is 0 Å². The van der Waals surface area contributed by atoms with Crippen LogP contribution in [0.5, 0.6) is 0 Å². The Morgan fingerprint density at radius 2 is 1.89 bits per heavy atom. The van der Waals surface area contributed by atoms with Crippen molar-refractivity contribution in [3.05, 3.63) is 6.33 Å². The van der Waals surface area contributed by atoms with E-state index in [1.807, 2.05) is 0 Å². The lowest BCUT2D eigenvalue weighted by atomic mass is 10.3. The molecule has 3 heterocycles. The highest BCUT2D eigenvalue weighted by Crippen LogP contribution is 2.18. The Bertz CT molecular complexity index is 902. The molecule has 1 aliphatic carbocycles. The van der Waals surface area contributed by atoms with Crippen molar-refractivity contribution >= 4 is 27.7 Å². The summed E-state index contributed by atoms with van der Waals surface area (Å²) in [7, 11) is -1.24. The fourth-order valence-electron chi connectivity index (χ4n) is 3.63. The SMILES string of the molecule is CN1CCN(c2nc(NCCS(=O)(=O)NC3CCCC3)n3ncnc3n2)CC1. The molecule has 0 unspecified atom stereocenters. The fourth-order valence-corrected chi connectivity index (χ4v) is 4.87. The predicted molar refractivity (Wildman–Crippen MR) is 106 cm³/mol. The van der Waals surface area contributed by atoms with E-state index < -0.39 is 10.0 Å². The Balaban J connectivity index is 1.43. The summed E-state index contributed by atoms with van der Waals surface area (Å²) in [6, 6.07) is 0.0786. The van der Waals surface area contributed by atoms with E-state index in [1.54, 1.807) is 0 Å². The molecule has 2 aromatic rings. The number of rotatable bonds is 7. The summed E-state index contributed by atoms with van der Waals surface area (Å²) in [4.78, 5) is 17.6. The van der Waals surface area contributed by atoms with Gasteiger partial charge in [-0.2, -0.15) is 24.6 Å². The van der Waals surface area contributed by atoms with Crippen LogP contribution in [0.3, 0.4) is 0 Å². The smallest absolute Gasteiger partial charge is 0.258 e. The minimum absolute atomic E-state index is 0.0203. The van der Waals surface area contributed by atoms with E-state index in [0.717, 1.165) is 51.9 Å². The monoisotopic (exact) mass is 409 g/mol. The van der Waals surface area contributed by atoms with Crippen LogP contribution in [-0.2, 0) is 10.0 Å². The molecule has 28 heavy (non-hydrogen) atoms. The zero-order chi connectivity index (χ0) is 19.6. The largest absolute Gasteiger partial charge is 0.353 e. The van der Waals surface area contributed by atoms with Gasteiger partial charge in [-0.15, -0.1) is 0 Å². The topological polar surface area (TPSA) is 121 Å². The minimum atomic E-state index is -3.33. The Hall–Kier alpha value is -2.05. The minimum Gasteiger partial charge on any atom is -0.353 e. The van der Waals surface area contributed by atoms with E-state index in [2.05, 4.69) is 46.9 Å². The second-order valence-electron chi connectivity index (χ2n) is 7.45. The van der Waals surface area contributed by atoms with Gasteiger partial charge in [0, 0.05) is 38.8 Å². The summed E-state index contributed by atoms with van der Waals surface area (Å²) >= 11 is 0. The summed E-state index contributed by atoms with van der Waals surface area (Å²) in [5.74, 6) is 1.46. The number of nitrogens with zero attached hydrogens (tertiary/aromatic N) is 7. The molecule has 1 aliphatic heterocycles. The molecule has 12 heteroatoms. The van der Waals surface area contributed by atoms with Crippen molar-refractivity contribution in [1.29, 1.82) is 0 Å². The highest BCUT2D eigenvalue weighted by atomic mass is 32.2. The third-order valence-electron chi connectivity index (χ3n) is 5.28. The molecule has 2 aromatic heterocycles. The maximum absolute atomic E-state index is 12.3.